The Hall–Kier alpha value is -3.77. The quantitative estimate of drug-likeness (QED) is 0.540. The highest BCUT2D eigenvalue weighted by Crippen LogP contribution is 2.25. The van der Waals surface area contributed by atoms with Gasteiger partial charge in [-0.2, -0.15) is 0 Å². The SMILES string of the molecule is O=C(Nc1ccc2c(c1)CN(Cc1cccn1-c1ccccn1)CC2)c1ccncc1. The average Bonchev–Trinajstić information content (AvgIpc) is 3.28. The van der Waals surface area contributed by atoms with E-state index in [2.05, 4.69) is 55.2 Å². The number of amides is 1. The van der Waals surface area contributed by atoms with Gasteiger partial charge in [-0.3, -0.25) is 14.7 Å². The Kier molecular flexibility index (Phi) is 5.29. The molecule has 4 heterocycles. The molecule has 1 amide bonds. The van der Waals surface area contributed by atoms with Gasteiger partial charge in [0.05, 0.1) is 0 Å². The zero-order valence-electron chi connectivity index (χ0n) is 17.1. The highest BCUT2D eigenvalue weighted by molar-refractivity contribution is 6.04. The lowest BCUT2D eigenvalue weighted by atomic mass is 9.99. The van der Waals surface area contributed by atoms with E-state index in [1.807, 2.05) is 30.5 Å². The van der Waals surface area contributed by atoms with Crippen LogP contribution in [-0.4, -0.2) is 31.9 Å². The summed E-state index contributed by atoms with van der Waals surface area (Å²) in [7, 11) is 0. The summed E-state index contributed by atoms with van der Waals surface area (Å²) >= 11 is 0. The number of carbonyl (C=O) groups is 1. The molecule has 0 fully saturated rings. The molecule has 5 rings (SSSR count). The molecule has 6 heteroatoms. The maximum Gasteiger partial charge on any atom is 0.255 e. The van der Waals surface area contributed by atoms with Gasteiger partial charge in [0.2, 0.25) is 0 Å². The van der Waals surface area contributed by atoms with Crippen LogP contribution in [0.5, 0.6) is 0 Å². The molecular formula is C25H23N5O. The molecular weight excluding hydrogens is 386 g/mol. The van der Waals surface area contributed by atoms with E-state index in [4.69, 9.17) is 0 Å². The van der Waals surface area contributed by atoms with Crippen molar-refractivity contribution in [2.24, 2.45) is 0 Å². The Bertz CT molecular complexity index is 1190. The van der Waals surface area contributed by atoms with E-state index in [0.29, 0.717) is 5.56 Å². The van der Waals surface area contributed by atoms with Crippen LogP contribution in [0.25, 0.3) is 5.82 Å². The molecule has 4 aromatic rings. The van der Waals surface area contributed by atoms with Crippen molar-refractivity contribution in [2.45, 2.75) is 19.5 Å². The Balaban J connectivity index is 1.30. The van der Waals surface area contributed by atoms with Crippen LogP contribution >= 0.6 is 0 Å². The average molecular weight is 409 g/mol. The molecule has 0 saturated heterocycles. The minimum Gasteiger partial charge on any atom is -0.322 e. The largest absolute Gasteiger partial charge is 0.322 e. The Morgan fingerprint density at radius 3 is 2.71 bits per heavy atom. The molecule has 0 spiro atoms. The zero-order valence-corrected chi connectivity index (χ0v) is 17.1. The summed E-state index contributed by atoms with van der Waals surface area (Å²) < 4.78 is 2.14. The number of nitrogens with one attached hydrogen (secondary N) is 1. The van der Waals surface area contributed by atoms with Crippen LogP contribution in [0.1, 0.15) is 27.2 Å². The van der Waals surface area contributed by atoms with Crippen molar-refractivity contribution in [3.8, 4) is 5.82 Å². The molecule has 1 aromatic carbocycles. The van der Waals surface area contributed by atoms with Gasteiger partial charge in [-0.05, 0) is 66.1 Å². The Labute approximate surface area is 181 Å². The minimum absolute atomic E-state index is 0.122. The lowest BCUT2D eigenvalue weighted by Crippen LogP contribution is -2.31. The fraction of sp³-hybridized carbons (Fsp3) is 0.160. The van der Waals surface area contributed by atoms with Gasteiger partial charge in [0, 0.05) is 61.4 Å². The maximum atomic E-state index is 12.5. The van der Waals surface area contributed by atoms with Crippen LogP contribution in [-0.2, 0) is 19.5 Å². The van der Waals surface area contributed by atoms with Crippen molar-refractivity contribution in [1.82, 2.24) is 19.4 Å². The van der Waals surface area contributed by atoms with Crippen molar-refractivity contribution in [2.75, 3.05) is 11.9 Å². The second kappa shape index (κ2) is 8.53. The molecule has 154 valence electrons. The van der Waals surface area contributed by atoms with Crippen LogP contribution < -0.4 is 5.32 Å². The molecule has 6 nitrogen and oxygen atoms in total. The van der Waals surface area contributed by atoms with Gasteiger partial charge < -0.3 is 9.88 Å². The number of fused-ring (bicyclic) bond motifs is 1. The van der Waals surface area contributed by atoms with Crippen molar-refractivity contribution >= 4 is 11.6 Å². The summed E-state index contributed by atoms with van der Waals surface area (Å²) in [6.45, 7) is 2.70. The van der Waals surface area contributed by atoms with Crippen molar-refractivity contribution < 1.29 is 4.79 Å². The molecule has 0 atom stereocenters. The first-order chi connectivity index (χ1) is 15.3. The summed E-state index contributed by atoms with van der Waals surface area (Å²) in [6.07, 6.45) is 8.12. The third-order valence-corrected chi connectivity index (χ3v) is 5.61. The second-order valence-corrected chi connectivity index (χ2v) is 7.69. The second-order valence-electron chi connectivity index (χ2n) is 7.69. The van der Waals surface area contributed by atoms with E-state index >= 15 is 0 Å². The monoisotopic (exact) mass is 409 g/mol. The molecule has 1 aliphatic heterocycles. The van der Waals surface area contributed by atoms with Crippen molar-refractivity contribution in [1.29, 1.82) is 0 Å². The van der Waals surface area contributed by atoms with E-state index in [9.17, 15) is 4.79 Å². The van der Waals surface area contributed by atoms with Gasteiger partial charge in [-0.1, -0.05) is 12.1 Å². The van der Waals surface area contributed by atoms with Gasteiger partial charge in [0.25, 0.3) is 5.91 Å². The van der Waals surface area contributed by atoms with E-state index in [1.54, 1.807) is 24.5 Å². The highest BCUT2D eigenvalue weighted by atomic mass is 16.1. The van der Waals surface area contributed by atoms with Crippen molar-refractivity contribution in [3.05, 3.63) is 108 Å². The number of benzene rings is 1. The predicted molar refractivity (Wildman–Crippen MR) is 120 cm³/mol. The van der Waals surface area contributed by atoms with Crippen LogP contribution in [0.3, 0.4) is 0 Å². The molecule has 31 heavy (non-hydrogen) atoms. The number of pyridine rings is 2. The van der Waals surface area contributed by atoms with Crippen LogP contribution in [0, 0.1) is 0 Å². The fourth-order valence-electron chi connectivity index (χ4n) is 4.03. The smallest absolute Gasteiger partial charge is 0.255 e. The first-order valence-electron chi connectivity index (χ1n) is 10.4. The van der Waals surface area contributed by atoms with E-state index in [0.717, 1.165) is 37.6 Å². The third kappa shape index (κ3) is 4.25. The number of rotatable bonds is 5. The minimum atomic E-state index is -0.122. The standard InChI is InChI=1S/C25H23N5O/c31-25(20-8-12-26-13-9-20)28-22-7-6-19-10-15-29(17-21(19)16-22)18-23-4-3-14-30(23)24-5-1-2-11-27-24/h1-9,11-14,16H,10,15,17-18H2,(H,28,31). The third-order valence-electron chi connectivity index (χ3n) is 5.61. The van der Waals surface area contributed by atoms with Crippen LogP contribution in [0.15, 0.2) is 85.5 Å². The fourth-order valence-corrected chi connectivity index (χ4v) is 4.03. The van der Waals surface area contributed by atoms with E-state index < -0.39 is 0 Å². The summed E-state index contributed by atoms with van der Waals surface area (Å²) in [5.74, 6) is 0.809. The molecule has 3 aromatic heterocycles. The summed E-state index contributed by atoms with van der Waals surface area (Å²) in [4.78, 5) is 23.3. The Morgan fingerprint density at radius 2 is 1.87 bits per heavy atom. The molecule has 0 bridgehead atoms. The molecule has 0 aliphatic carbocycles. The number of carbonyl (C=O) groups excluding carboxylic acids is 1. The lowest BCUT2D eigenvalue weighted by Gasteiger charge is -2.29. The number of anilines is 1. The van der Waals surface area contributed by atoms with Crippen LogP contribution in [0.2, 0.25) is 0 Å². The van der Waals surface area contributed by atoms with E-state index in [1.165, 1.54) is 16.8 Å². The lowest BCUT2D eigenvalue weighted by molar-refractivity contribution is 0.102. The molecule has 0 saturated carbocycles. The van der Waals surface area contributed by atoms with Gasteiger partial charge in [0.15, 0.2) is 0 Å². The first-order valence-corrected chi connectivity index (χ1v) is 10.4. The van der Waals surface area contributed by atoms with E-state index in [-0.39, 0.29) is 5.91 Å². The maximum absolute atomic E-state index is 12.5. The van der Waals surface area contributed by atoms with Crippen molar-refractivity contribution in [3.63, 3.8) is 0 Å². The van der Waals surface area contributed by atoms with Gasteiger partial charge >= 0.3 is 0 Å². The zero-order chi connectivity index (χ0) is 21.0. The predicted octanol–water partition coefficient (Wildman–Crippen LogP) is 4.08. The molecule has 0 unspecified atom stereocenters. The van der Waals surface area contributed by atoms with Gasteiger partial charge in [0.1, 0.15) is 5.82 Å². The molecule has 1 N–H and O–H groups in total. The molecule has 0 radical (unpaired) electrons. The molecule has 1 aliphatic rings. The summed E-state index contributed by atoms with van der Waals surface area (Å²) in [5, 5.41) is 3.00. The Morgan fingerprint density at radius 1 is 0.968 bits per heavy atom. The first kappa shape index (κ1) is 19.2. The number of nitrogens with zero attached hydrogens (tertiary/aromatic N) is 4. The number of aromatic nitrogens is 3. The summed E-state index contributed by atoms with van der Waals surface area (Å²) in [6, 6.07) is 19.8. The number of hydrogen-bond donors (Lipinski definition) is 1. The number of hydrogen-bond acceptors (Lipinski definition) is 4. The van der Waals surface area contributed by atoms with Gasteiger partial charge in [-0.15, -0.1) is 0 Å². The van der Waals surface area contributed by atoms with Crippen LogP contribution in [0.4, 0.5) is 5.69 Å². The summed E-state index contributed by atoms with van der Waals surface area (Å²) in [5.41, 5.74) is 5.24. The van der Waals surface area contributed by atoms with Gasteiger partial charge in [-0.25, -0.2) is 4.98 Å². The normalized spacial score (nSPS) is 13.5. The topological polar surface area (TPSA) is 63.1 Å². The highest BCUT2D eigenvalue weighted by Gasteiger charge is 2.19.